The number of hydrogen-bond acceptors (Lipinski definition) is 6. The molecule has 0 unspecified atom stereocenters. The molecule has 4 rings (SSSR count). The maximum Gasteiger partial charge on any atom is 0.264 e. The lowest BCUT2D eigenvalue weighted by molar-refractivity contribution is 0.174. The summed E-state index contributed by atoms with van der Waals surface area (Å²) < 4.78 is 15.9. The molecule has 22 heavy (non-hydrogen) atoms. The number of hydrogen-bond donors (Lipinski definition) is 1. The Hall–Kier alpha value is -3.02. The fraction of sp³-hybridized carbons (Fsp3) is 0.125. The number of anilines is 1. The Kier molecular flexibility index (Phi) is 3.12. The van der Waals surface area contributed by atoms with Gasteiger partial charge in [0, 0.05) is 12.1 Å². The summed E-state index contributed by atoms with van der Waals surface area (Å²) in [6.07, 6.45) is 0. The summed E-state index contributed by atoms with van der Waals surface area (Å²) in [5.74, 6) is 2.48. The van der Waals surface area contributed by atoms with Crippen LogP contribution in [0.25, 0.3) is 11.5 Å². The van der Waals surface area contributed by atoms with Crippen molar-refractivity contribution in [3.8, 4) is 23.0 Å². The normalized spacial score (nSPS) is 12.4. The topological polar surface area (TPSA) is 69.4 Å². The van der Waals surface area contributed by atoms with E-state index < -0.39 is 0 Å². The number of ether oxygens (including phenoxy) is 2. The lowest BCUT2D eigenvalue weighted by Gasteiger charge is -2.03. The molecule has 0 saturated carbocycles. The SMILES string of the molecule is c1ccc(-c2nc(NCc3ccc4c(c3)OCO4)no2)cc1. The number of benzene rings is 2. The van der Waals surface area contributed by atoms with Crippen LogP contribution in [0.3, 0.4) is 0 Å². The van der Waals surface area contributed by atoms with Crippen LogP contribution < -0.4 is 14.8 Å². The average molecular weight is 295 g/mol. The molecule has 1 aliphatic heterocycles. The third-order valence-corrected chi connectivity index (χ3v) is 3.33. The number of rotatable bonds is 4. The molecular weight excluding hydrogens is 282 g/mol. The van der Waals surface area contributed by atoms with Crippen LogP contribution in [0.15, 0.2) is 53.1 Å². The van der Waals surface area contributed by atoms with E-state index in [1.165, 1.54) is 0 Å². The molecule has 1 aromatic heterocycles. The minimum absolute atomic E-state index is 0.275. The Balaban J connectivity index is 1.45. The smallest absolute Gasteiger partial charge is 0.264 e. The Labute approximate surface area is 126 Å². The summed E-state index contributed by atoms with van der Waals surface area (Å²) in [5.41, 5.74) is 1.95. The molecule has 2 aromatic carbocycles. The van der Waals surface area contributed by atoms with Gasteiger partial charge in [0.1, 0.15) is 0 Å². The van der Waals surface area contributed by atoms with Gasteiger partial charge >= 0.3 is 0 Å². The van der Waals surface area contributed by atoms with Gasteiger partial charge in [0.2, 0.25) is 6.79 Å². The minimum atomic E-state index is 0.275. The largest absolute Gasteiger partial charge is 0.454 e. The number of aromatic nitrogens is 2. The predicted octanol–water partition coefficient (Wildman–Crippen LogP) is 3.08. The molecule has 0 saturated heterocycles. The van der Waals surface area contributed by atoms with Crippen LogP contribution in [0.4, 0.5) is 5.95 Å². The second kappa shape index (κ2) is 5.40. The fourth-order valence-corrected chi connectivity index (χ4v) is 2.23. The molecule has 0 bridgehead atoms. The van der Waals surface area contributed by atoms with Crippen LogP contribution in [0.2, 0.25) is 0 Å². The van der Waals surface area contributed by atoms with Gasteiger partial charge in [-0.1, -0.05) is 24.3 Å². The molecule has 0 amide bonds. The van der Waals surface area contributed by atoms with E-state index >= 15 is 0 Å². The van der Waals surface area contributed by atoms with Crippen molar-refractivity contribution < 1.29 is 14.0 Å². The molecule has 6 heteroatoms. The lowest BCUT2D eigenvalue weighted by atomic mass is 10.2. The molecule has 1 aliphatic rings. The van der Waals surface area contributed by atoms with Crippen molar-refractivity contribution >= 4 is 5.95 Å². The van der Waals surface area contributed by atoms with Gasteiger partial charge in [0.05, 0.1) is 0 Å². The minimum Gasteiger partial charge on any atom is -0.454 e. The van der Waals surface area contributed by atoms with Crippen LogP contribution in [0, 0.1) is 0 Å². The Morgan fingerprint density at radius 2 is 1.86 bits per heavy atom. The van der Waals surface area contributed by atoms with Crippen molar-refractivity contribution in [3.63, 3.8) is 0 Å². The van der Waals surface area contributed by atoms with E-state index in [1.54, 1.807) is 0 Å². The highest BCUT2D eigenvalue weighted by atomic mass is 16.7. The van der Waals surface area contributed by atoms with Crippen LogP contribution in [0.1, 0.15) is 5.56 Å². The van der Waals surface area contributed by atoms with Gasteiger partial charge in [-0.2, -0.15) is 4.98 Å². The van der Waals surface area contributed by atoms with Crippen LogP contribution >= 0.6 is 0 Å². The summed E-state index contributed by atoms with van der Waals surface area (Å²) in [6.45, 7) is 0.849. The van der Waals surface area contributed by atoms with Crippen molar-refractivity contribution in [1.82, 2.24) is 10.1 Å². The van der Waals surface area contributed by atoms with E-state index in [0.717, 1.165) is 22.6 Å². The lowest BCUT2D eigenvalue weighted by Crippen LogP contribution is -2.00. The van der Waals surface area contributed by atoms with E-state index in [2.05, 4.69) is 15.5 Å². The molecule has 0 aliphatic carbocycles. The average Bonchev–Trinajstić information content (AvgIpc) is 3.22. The first-order valence-electron chi connectivity index (χ1n) is 6.90. The molecule has 2 heterocycles. The molecule has 6 nitrogen and oxygen atoms in total. The standard InChI is InChI=1S/C16H13N3O3/c1-2-4-12(5-3-1)15-18-16(19-22-15)17-9-11-6-7-13-14(8-11)21-10-20-13/h1-8H,9-10H2,(H,17,19). The zero-order valence-corrected chi connectivity index (χ0v) is 11.7. The summed E-state index contributed by atoms with van der Waals surface area (Å²) in [5, 5.41) is 7.06. The maximum absolute atomic E-state index is 5.35. The highest BCUT2D eigenvalue weighted by Gasteiger charge is 2.13. The molecule has 0 radical (unpaired) electrons. The number of nitrogens with one attached hydrogen (secondary N) is 1. The molecule has 0 spiro atoms. The van der Waals surface area contributed by atoms with Gasteiger partial charge < -0.3 is 19.3 Å². The summed E-state index contributed by atoms with van der Waals surface area (Å²) >= 11 is 0. The monoisotopic (exact) mass is 295 g/mol. The molecule has 1 N–H and O–H groups in total. The molecule has 110 valence electrons. The van der Waals surface area contributed by atoms with Crippen molar-refractivity contribution in [2.24, 2.45) is 0 Å². The first-order chi connectivity index (χ1) is 10.9. The summed E-state index contributed by atoms with van der Waals surface area (Å²) in [4.78, 5) is 4.32. The van der Waals surface area contributed by atoms with Crippen LogP contribution in [0.5, 0.6) is 11.5 Å². The first kappa shape index (κ1) is 12.7. The zero-order chi connectivity index (χ0) is 14.8. The highest BCUT2D eigenvalue weighted by molar-refractivity contribution is 5.53. The van der Waals surface area contributed by atoms with E-state index in [0.29, 0.717) is 18.4 Å². The van der Waals surface area contributed by atoms with Gasteiger partial charge in [-0.3, -0.25) is 0 Å². The number of nitrogens with zero attached hydrogens (tertiary/aromatic N) is 2. The van der Waals surface area contributed by atoms with Crippen molar-refractivity contribution in [1.29, 1.82) is 0 Å². The number of fused-ring (bicyclic) bond motifs is 1. The van der Waals surface area contributed by atoms with Gasteiger partial charge in [-0.05, 0) is 35.0 Å². The van der Waals surface area contributed by atoms with E-state index in [-0.39, 0.29) is 6.79 Å². The Morgan fingerprint density at radius 3 is 2.77 bits per heavy atom. The molecule has 0 atom stereocenters. The van der Waals surface area contributed by atoms with E-state index in [4.69, 9.17) is 14.0 Å². The van der Waals surface area contributed by atoms with Gasteiger partial charge in [-0.25, -0.2) is 0 Å². The highest BCUT2D eigenvalue weighted by Crippen LogP contribution is 2.32. The van der Waals surface area contributed by atoms with E-state index in [9.17, 15) is 0 Å². The quantitative estimate of drug-likeness (QED) is 0.797. The van der Waals surface area contributed by atoms with Gasteiger partial charge in [0.25, 0.3) is 11.8 Å². The predicted molar refractivity (Wildman–Crippen MR) is 79.6 cm³/mol. The second-order valence-corrected chi connectivity index (χ2v) is 4.83. The molecular formula is C16H13N3O3. The maximum atomic E-state index is 5.35. The molecule has 3 aromatic rings. The third kappa shape index (κ3) is 2.46. The van der Waals surface area contributed by atoms with Crippen LogP contribution in [-0.4, -0.2) is 16.9 Å². The van der Waals surface area contributed by atoms with Crippen molar-refractivity contribution in [3.05, 3.63) is 54.1 Å². The summed E-state index contributed by atoms with van der Waals surface area (Å²) in [6, 6.07) is 15.5. The van der Waals surface area contributed by atoms with Gasteiger partial charge in [-0.15, -0.1) is 0 Å². The van der Waals surface area contributed by atoms with E-state index in [1.807, 2.05) is 48.5 Å². The van der Waals surface area contributed by atoms with Crippen LogP contribution in [-0.2, 0) is 6.54 Å². The van der Waals surface area contributed by atoms with Gasteiger partial charge in [0.15, 0.2) is 11.5 Å². The second-order valence-electron chi connectivity index (χ2n) is 4.83. The van der Waals surface area contributed by atoms with Crippen molar-refractivity contribution in [2.75, 3.05) is 12.1 Å². The first-order valence-corrected chi connectivity index (χ1v) is 6.90. The van der Waals surface area contributed by atoms with Crippen molar-refractivity contribution in [2.45, 2.75) is 6.54 Å². The Bertz CT molecular complexity index is 786. The molecule has 0 fully saturated rings. The third-order valence-electron chi connectivity index (χ3n) is 3.33. The fourth-order valence-electron chi connectivity index (χ4n) is 2.23. The Morgan fingerprint density at radius 1 is 1.00 bits per heavy atom. The summed E-state index contributed by atoms with van der Waals surface area (Å²) in [7, 11) is 0. The zero-order valence-electron chi connectivity index (χ0n) is 11.7.